The molecular weight excluding hydrogens is 532 g/mol. The van der Waals surface area contributed by atoms with Gasteiger partial charge in [0.05, 0.1) is 11.4 Å². The van der Waals surface area contributed by atoms with Crippen molar-refractivity contribution in [3.8, 4) is 0 Å². The highest BCUT2D eigenvalue weighted by Gasteiger charge is 2.30. The van der Waals surface area contributed by atoms with E-state index in [4.69, 9.17) is 4.42 Å². The Morgan fingerprint density at radius 3 is 2.26 bits per heavy atom. The Balaban J connectivity index is 1.33. The topological polar surface area (TPSA) is 120 Å². The Labute approximate surface area is 246 Å². The van der Waals surface area contributed by atoms with Crippen LogP contribution in [0.4, 0.5) is 17.1 Å². The molecule has 2 aliphatic rings. The van der Waals surface area contributed by atoms with E-state index in [1.54, 1.807) is 12.1 Å². The van der Waals surface area contributed by atoms with Gasteiger partial charge in [0.1, 0.15) is 6.26 Å². The molecule has 10 nitrogen and oxygen atoms in total. The van der Waals surface area contributed by atoms with Gasteiger partial charge in [0.2, 0.25) is 5.91 Å². The van der Waals surface area contributed by atoms with Crippen molar-refractivity contribution in [2.45, 2.75) is 46.5 Å². The van der Waals surface area contributed by atoms with Crippen LogP contribution in [0.15, 0.2) is 53.1 Å². The lowest BCUT2D eigenvalue weighted by Crippen LogP contribution is -2.47. The first-order valence-corrected chi connectivity index (χ1v) is 14.6. The van der Waals surface area contributed by atoms with Gasteiger partial charge in [0.15, 0.2) is 11.6 Å². The quantitative estimate of drug-likeness (QED) is 0.331. The smallest absolute Gasteiger partial charge is 0.277 e. The van der Waals surface area contributed by atoms with E-state index in [9.17, 15) is 14.4 Å². The van der Waals surface area contributed by atoms with Crippen LogP contribution in [-0.2, 0) is 4.79 Å². The van der Waals surface area contributed by atoms with Gasteiger partial charge < -0.3 is 30.2 Å². The number of amides is 3. The molecule has 1 aliphatic heterocycles. The number of anilines is 3. The van der Waals surface area contributed by atoms with Crippen LogP contribution in [0, 0.1) is 12.3 Å². The molecule has 1 saturated heterocycles. The number of para-hydroxylation sites is 1. The monoisotopic (exact) mass is 572 g/mol. The highest BCUT2D eigenvalue weighted by Crippen LogP contribution is 2.39. The van der Waals surface area contributed by atoms with Crippen molar-refractivity contribution in [1.29, 1.82) is 0 Å². The van der Waals surface area contributed by atoms with E-state index >= 15 is 0 Å². The summed E-state index contributed by atoms with van der Waals surface area (Å²) in [6, 6.07) is 13.8. The van der Waals surface area contributed by atoms with Gasteiger partial charge in [0.25, 0.3) is 11.8 Å². The second-order valence-corrected chi connectivity index (χ2v) is 12.0. The Bertz CT molecular complexity index is 1450. The minimum Gasteiger partial charge on any atom is -0.448 e. The minimum absolute atomic E-state index is 0.110. The van der Waals surface area contributed by atoms with E-state index in [-0.39, 0.29) is 28.8 Å². The van der Waals surface area contributed by atoms with Crippen LogP contribution in [0.25, 0.3) is 0 Å². The minimum atomic E-state index is -0.376. The maximum absolute atomic E-state index is 13.2. The summed E-state index contributed by atoms with van der Waals surface area (Å²) >= 11 is 0. The molecule has 222 valence electrons. The van der Waals surface area contributed by atoms with Crippen molar-refractivity contribution in [3.05, 3.63) is 71.4 Å². The number of hydrogen-bond acceptors (Lipinski definition) is 7. The Hall–Kier alpha value is -4.34. The maximum atomic E-state index is 13.2. The first kappa shape index (κ1) is 29.2. The zero-order valence-electron chi connectivity index (χ0n) is 24.8. The average Bonchev–Trinajstić information content (AvgIpc) is 3.71. The Morgan fingerprint density at radius 1 is 0.929 bits per heavy atom. The standard InChI is InChI=1S/C32H40N6O4/c1-21-7-5-6-8-27(21)37-13-15-38(16-14-37)28-12-11-24(29(40)34-20-32(3,4)19-33-22(2)39)17-25(28)35-30(41)26-18-42-31(36-26)23-9-10-23/h5-8,11-12,17-18,23H,9-10,13-16,19-20H2,1-4H3,(H,33,39)(H,34,40)(H,35,41). The fourth-order valence-electron chi connectivity index (χ4n) is 5.10. The number of carbonyl (C=O) groups is 3. The second-order valence-electron chi connectivity index (χ2n) is 12.0. The molecule has 0 bridgehead atoms. The summed E-state index contributed by atoms with van der Waals surface area (Å²) in [5.41, 5.74) is 4.20. The molecule has 0 spiro atoms. The number of rotatable bonds is 10. The maximum Gasteiger partial charge on any atom is 0.277 e. The van der Waals surface area contributed by atoms with Crippen LogP contribution in [0.3, 0.4) is 0 Å². The molecule has 3 aromatic rings. The summed E-state index contributed by atoms with van der Waals surface area (Å²) in [6.07, 6.45) is 3.45. The van der Waals surface area contributed by atoms with Gasteiger partial charge in [-0.1, -0.05) is 32.0 Å². The summed E-state index contributed by atoms with van der Waals surface area (Å²) in [5.74, 6) is 0.159. The Morgan fingerprint density at radius 2 is 1.60 bits per heavy atom. The number of aryl methyl sites for hydroxylation is 1. The van der Waals surface area contributed by atoms with Gasteiger partial charge in [-0.05, 0) is 55.0 Å². The SMILES string of the molecule is CC(=O)NCC(C)(C)CNC(=O)c1ccc(N2CCN(c3ccccc3C)CC2)c(NC(=O)c2coc(C3CC3)n2)c1. The van der Waals surface area contributed by atoms with E-state index in [0.29, 0.717) is 36.1 Å². The van der Waals surface area contributed by atoms with Crippen LogP contribution in [-0.4, -0.2) is 62.0 Å². The third kappa shape index (κ3) is 7.10. The first-order chi connectivity index (χ1) is 20.1. The van der Waals surface area contributed by atoms with Gasteiger partial charge in [-0.3, -0.25) is 14.4 Å². The number of hydrogen-bond donors (Lipinski definition) is 3. The lowest BCUT2D eigenvalue weighted by molar-refractivity contribution is -0.119. The third-order valence-electron chi connectivity index (χ3n) is 7.81. The van der Waals surface area contributed by atoms with Crippen LogP contribution < -0.4 is 25.8 Å². The summed E-state index contributed by atoms with van der Waals surface area (Å²) in [4.78, 5) is 46.8. The van der Waals surface area contributed by atoms with Crippen LogP contribution in [0.1, 0.15) is 71.8 Å². The van der Waals surface area contributed by atoms with E-state index in [0.717, 1.165) is 44.7 Å². The normalized spacial score (nSPS) is 15.3. The molecule has 10 heteroatoms. The molecular formula is C32H40N6O4. The van der Waals surface area contributed by atoms with Crippen molar-refractivity contribution in [1.82, 2.24) is 15.6 Å². The van der Waals surface area contributed by atoms with E-state index in [2.05, 4.69) is 55.9 Å². The summed E-state index contributed by atoms with van der Waals surface area (Å²) in [6.45, 7) is 11.5. The van der Waals surface area contributed by atoms with Crippen molar-refractivity contribution in [2.75, 3.05) is 54.4 Å². The highest BCUT2D eigenvalue weighted by atomic mass is 16.3. The molecule has 3 N–H and O–H groups in total. The lowest BCUT2D eigenvalue weighted by Gasteiger charge is -2.38. The number of aromatic nitrogens is 1. The molecule has 0 radical (unpaired) electrons. The van der Waals surface area contributed by atoms with Crippen LogP contribution >= 0.6 is 0 Å². The van der Waals surface area contributed by atoms with Gasteiger partial charge in [-0.15, -0.1) is 0 Å². The van der Waals surface area contributed by atoms with E-state index in [1.165, 1.54) is 24.4 Å². The molecule has 1 aliphatic carbocycles. The van der Waals surface area contributed by atoms with E-state index < -0.39 is 0 Å². The molecule has 2 aromatic carbocycles. The molecule has 5 rings (SSSR count). The van der Waals surface area contributed by atoms with E-state index in [1.807, 2.05) is 26.0 Å². The van der Waals surface area contributed by atoms with Gasteiger partial charge in [-0.2, -0.15) is 0 Å². The van der Waals surface area contributed by atoms with Crippen LogP contribution in [0.5, 0.6) is 0 Å². The number of carbonyl (C=O) groups excluding carboxylic acids is 3. The van der Waals surface area contributed by atoms with Gasteiger partial charge in [0, 0.05) is 63.4 Å². The van der Waals surface area contributed by atoms with Crippen molar-refractivity contribution in [2.24, 2.45) is 5.41 Å². The molecule has 0 atom stereocenters. The fourth-order valence-corrected chi connectivity index (χ4v) is 5.10. The zero-order chi connectivity index (χ0) is 29.9. The van der Waals surface area contributed by atoms with Gasteiger partial charge in [-0.25, -0.2) is 4.98 Å². The number of nitrogens with one attached hydrogen (secondary N) is 3. The number of nitrogens with zero attached hydrogens (tertiary/aromatic N) is 3. The highest BCUT2D eigenvalue weighted by molar-refractivity contribution is 6.06. The second kappa shape index (κ2) is 12.3. The summed E-state index contributed by atoms with van der Waals surface area (Å²) in [5, 5.41) is 8.79. The average molecular weight is 573 g/mol. The summed E-state index contributed by atoms with van der Waals surface area (Å²) in [7, 11) is 0. The summed E-state index contributed by atoms with van der Waals surface area (Å²) < 4.78 is 5.54. The van der Waals surface area contributed by atoms with Crippen molar-refractivity contribution in [3.63, 3.8) is 0 Å². The largest absolute Gasteiger partial charge is 0.448 e. The molecule has 1 saturated carbocycles. The molecule has 3 amide bonds. The molecule has 1 aromatic heterocycles. The predicted molar refractivity (Wildman–Crippen MR) is 163 cm³/mol. The molecule has 2 fully saturated rings. The first-order valence-electron chi connectivity index (χ1n) is 14.6. The fraction of sp³-hybridized carbons (Fsp3) is 0.438. The predicted octanol–water partition coefficient (Wildman–Crippen LogP) is 4.33. The molecule has 2 heterocycles. The third-order valence-corrected chi connectivity index (χ3v) is 7.81. The zero-order valence-corrected chi connectivity index (χ0v) is 24.8. The number of benzene rings is 2. The number of piperazine rings is 1. The lowest BCUT2D eigenvalue weighted by atomic mass is 9.93. The van der Waals surface area contributed by atoms with Crippen molar-refractivity contribution >= 4 is 34.8 Å². The van der Waals surface area contributed by atoms with Gasteiger partial charge >= 0.3 is 0 Å². The van der Waals surface area contributed by atoms with Crippen LogP contribution in [0.2, 0.25) is 0 Å². The molecule has 0 unspecified atom stereocenters. The number of oxazole rings is 1. The van der Waals surface area contributed by atoms with Crippen molar-refractivity contribution < 1.29 is 18.8 Å². The Kier molecular flexibility index (Phi) is 8.51. The molecule has 42 heavy (non-hydrogen) atoms.